The van der Waals surface area contributed by atoms with Crippen LogP contribution in [0.25, 0.3) is 78.0 Å². The second kappa shape index (κ2) is 9.47. The molecule has 1 aliphatic carbocycles. The summed E-state index contributed by atoms with van der Waals surface area (Å²) >= 11 is 0. The van der Waals surface area contributed by atoms with Gasteiger partial charge in [-0.1, -0.05) is 123 Å². The van der Waals surface area contributed by atoms with Crippen molar-refractivity contribution < 1.29 is 21.9 Å². The maximum absolute atomic E-state index is 9.13. The molecule has 0 saturated carbocycles. The maximum atomic E-state index is 9.13. The van der Waals surface area contributed by atoms with Gasteiger partial charge in [0.2, 0.25) is 11.9 Å². The highest BCUT2D eigenvalue weighted by Gasteiger charge is 2.35. The Morgan fingerprint density at radius 2 is 0.957 bits per heavy atom. The van der Waals surface area contributed by atoms with Gasteiger partial charge >= 0.3 is 0 Å². The molecule has 0 aliphatic heterocycles. The van der Waals surface area contributed by atoms with Crippen molar-refractivity contribution in [3.63, 3.8) is 0 Å². The van der Waals surface area contributed by atoms with E-state index in [-0.39, 0.29) is 49.4 Å². The van der Waals surface area contributed by atoms with E-state index in [4.69, 9.17) is 36.9 Å². The van der Waals surface area contributed by atoms with Gasteiger partial charge in [-0.15, -0.1) is 0 Å². The van der Waals surface area contributed by atoms with Crippen LogP contribution in [-0.2, 0) is 5.41 Å². The molecule has 0 atom stereocenters. The van der Waals surface area contributed by atoms with E-state index in [1.54, 1.807) is 6.07 Å². The summed E-state index contributed by atoms with van der Waals surface area (Å²) in [7, 11) is 0. The molecule has 222 valence electrons. The molecule has 0 fully saturated rings. The minimum Gasteiger partial charge on any atom is -0.278 e. The van der Waals surface area contributed by atoms with Crippen LogP contribution in [0.15, 0.2) is 139 Å². The quantitative estimate of drug-likeness (QED) is 0.198. The van der Waals surface area contributed by atoms with E-state index >= 15 is 0 Å². The topological polar surface area (TPSA) is 48.5 Å². The molecule has 47 heavy (non-hydrogen) atoms. The molecule has 0 radical (unpaired) electrons. The Morgan fingerprint density at radius 3 is 1.47 bits per heavy atom. The Balaban J connectivity index is 1.43. The van der Waals surface area contributed by atoms with Crippen LogP contribution < -0.4 is 0 Å². The van der Waals surface area contributed by atoms with Crippen LogP contribution in [0.5, 0.6) is 0 Å². The standard InChI is InChI=1S/C42H29N5/c1-42(2)33-18-8-3-13-27(33)28-24-23-26(25-34(28)42)39-43-40(46-35-19-9-4-14-29(35)30-15-5-10-20-36(30)46)45-41(44-39)47-37-21-11-6-16-31(37)32-17-7-12-22-38(32)47/h3-25H,1-2H3/i4D,5D,6D,7D,9D,10D,11D,12D,14D,15D,16D,17D,19D,20D,21D,22D. The van der Waals surface area contributed by atoms with Crippen molar-refractivity contribution in [2.24, 2.45) is 0 Å². The molecule has 0 unspecified atom stereocenters. The summed E-state index contributed by atoms with van der Waals surface area (Å²) in [6.07, 6.45) is 0. The SMILES string of the molecule is [2H]c1c([2H])c([2H])c2c(c1[2H])c1c([2H])c([2H])c([2H])c([2H])c1n2-c1nc(-c2ccc3c(c2)C(C)(C)c2ccccc2-3)nc(-n2c3c([2H])c([2H])c([2H])c([2H])c3c3c([2H])c([2H])c([2H])c([2H])c32)n1. The van der Waals surface area contributed by atoms with Gasteiger partial charge in [0.15, 0.2) is 5.82 Å². The lowest BCUT2D eigenvalue weighted by Crippen LogP contribution is -2.15. The van der Waals surface area contributed by atoms with Gasteiger partial charge in [-0.25, -0.2) is 0 Å². The summed E-state index contributed by atoms with van der Waals surface area (Å²) < 4.78 is 143. The van der Waals surface area contributed by atoms with Crippen molar-refractivity contribution in [1.29, 1.82) is 0 Å². The summed E-state index contributed by atoms with van der Waals surface area (Å²) in [5.41, 5.74) is 2.57. The molecule has 5 nitrogen and oxygen atoms in total. The van der Waals surface area contributed by atoms with E-state index in [1.165, 1.54) is 0 Å². The minimum absolute atomic E-state index is 0.0992. The van der Waals surface area contributed by atoms with Crippen molar-refractivity contribution in [2.75, 3.05) is 0 Å². The van der Waals surface area contributed by atoms with Crippen LogP contribution in [0.3, 0.4) is 0 Å². The summed E-state index contributed by atoms with van der Waals surface area (Å²) in [5.74, 6) is -0.979. The molecule has 5 heteroatoms. The molecule has 0 amide bonds. The van der Waals surface area contributed by atoms with Gasteiger partial charge in [0.1, 0.15) is 0 Å². The van der Waals surface area contributed by atoms with Gasteiger partial charge in [-0.2, -0.15) is 15.0 Å². The number of aromatic nitrogens is 5. The van der Waals surface area contributed by atoms with Gasteiger partial charge in [0, 0.05) is 32.5 Å². The second-order valence-corrected chi connectivity index (χ2v) is 11.8. The Hall–Kier alpha value is -6.07. The average Bonchev–Trinajstić information content (AvgIpc) is 3.91. The summed E-state index contributed by atoms with van der Waals surface area (Å²) in [6, 6.07) is 3.18. The molecule has 0 saturated heterocycles. The fourth-order valence-electron chi connectivity index (χ4n) is 6.77. The third-order valence-corrected chi connectivity index (χ3v) is 8.92. The molecular weight excluding hydrogens is 574 g/mol. The Bertz CT molecular complexity index is 3300. The van der Waals surface area contributed by atoms with E-state index in [2.05, 4.69) is 13.8 Å². The first kappa shape index (κ1) is 15.0. The van der Waals surface area contributed by atoms with Crippen molar-refractivity contribution in [3.05, 3.63) is 150 Å². The zero-order chi connectivity index (χ0) is 45.2. The van der Waals surface area contributed by atoms with E-state index in [1.807, 2.05) is 36.4 Å². The third kappa shape index (κ3) is 3.62. The van der Waals surface area contributed by atoms with Crippen LogP contribution in [0.1, 0.15) is 46.9 Å². The summed E-state index contributed by atoms with van der Waals surface area (Å²) in [4.78, 5) is 14.5. The first-order valence-electron chi connectivity index (χ1n) is 22.7. The smallest absolute Gasteiger partial charge is 0.240 e. The fourth-order valence-corrected chi connectivity index (χ4v) is 6.77. The molecule has 0 bridgehead atoms. The lowest BCUT2D eigenvalue weighted by molar-refractivity contribution is 0.660. The van der Waals surface area contributed by atoms with Crippen LogP contribution in [0.2, 0.25) is 0 Å². The summed E-state index contributed by atoms with van der Waals surface area (Å²) in [6.45, 7) is 4.12. The zero-order valence-electron chi connectivity index (χ0n) is 40.8. The Kier molecular flexibility index (Phi) is 3.03. The highest BCUT2D eigenvalue weighted by atomic mass is 15.3. The van der Waals surface area contributed by atoms with E-state index in [0.29, 0.717) is 5.56 Å². The van der Waals surface area contributed by atoms with Gasteiger partial charge in [-0.3, -0.25) is 9.13 Å². The number of nitrogens with zero attached hydrogens (tertiary/aromatic N) is 5. The Labute approximate surface area is 293 Å². The normalized spacial score (nSPS) is 18.3. The van der Waals surface area contributed by atoms with E-state index in [9.17, 15) is 0 Å². The lowest BCUT2D eigenvalue weighted by atomic mass is 9.82. The number of benzene rings is 6. The molecular formula is C42H29N5. The molecule has 9 aromatic rings. The predicted octanol–water partition coefficient (Wildman–Crippen LogP) is 10.0. The molecule has 3 heterocycles. The second-order valence-electron chi connectivity index (χ2n) is 11.8. The van der Waals surface area contributed by atoms with Crippen LogP contribution >= 0.6 is 0 Å². The van der Waals surface area contributed by atoms with Crippen molar-refractivity contribution in [1.82, 2.24) is 24.1 Å². The van der Waals surface area contributed by atoms with Gasteiger partial charge in [0.25, 0.3) is 0 Å². The first-order valence-corrected chi connectivity index (χ1v) is 14.7. The largest absolute Gasteiger partial charge is 0.278 e. The number of hydrogen-bond donors (Lipinski definition) is 0. The fraction of sp³-hybridized carbons (Fsp3) is 0.0714. The van der Waals surface area contributed by atoms with Gasteiger partial charge in [-0.05, 0) is 52.5 Å². The van der Waals surface area contributed by atoms with Crippen molar-refractivity contribution in [3.8, 4) is 34.4 Å². The first-order chi connectivity index (χ1) is 29.7. The highest BCUT2D eigenvalue weighted by Crippen LogP contribution is 2.49. The monoisotopic (exact) mass is 619 g/mol. The molecule has 1 aliphatic rings. The number of para-hydroxylation sites is 4. The minimum atomic E-state index is -0.684. The van der Waals surface area contributed by atoms with Crippen LogP contribution in [-0.4, -0.2) is 24.1 Å². The van der Waals surface area contributed by atoms with Gasteiger partial charge < -0.3 is 0 Å². The molecule has 10 rings (SSSR count). The van der Waals surface area contributed by atoms with E-state index < -0.39 is 114 Å². The molecule has 6 aromatic carbocycles. The number of rotatable bonds is 3. The van der Waals surface area contributed by atoms with Crippen molar-refractivity contribution >= 4 is 43.6 Å². The lowest BCUT2D eigenvalue weighted by Gasteiger charge is -2.21. The van der Waals surface area contributed by atoms with Crippen LogP contribution in [0, 0.1) is 0 Å². The number of hydrogen-bond acceptors (Lipinski definition) is 3. The third-order valence-electron chi connectivity index (χ3n) is 8.92. The predicted molar refractivity (Wildman–Crippen MR) is 192 cm³/mol. The Morgan fingerprint density at radius 1 is 0.511 bits per heavy atom. The maximum Gasteiger partial charge on any atom is 0.240 e. The van der Waals surface area contributed by atoms with Crippen LogP contribution in [0.4, 0.5) is 0 Å². The molecule has 0 spiro atoms. The van der Waals surface area contributed by atoms with Gasteiger partial charge in [0.05, 0.1) is 44.0 Å². The molecule has 3 aromatic heterocycles. The summed E-state index contributed by atoms with van der Waals surface area (Å²) in [5, 5.41) is -0.986. The average molecular weight is 620 g/mol. The number of fused-ring (bicyclic) bond motifs is 9. The molecule has 0 N–H and O–H groups in total. The highest BCUT2D eigenvalue weighted by molar-refractivity contribution is 6.10. The van der Waals surface area contributed by atoms with E-state index in [0.717, 1.165) is 31.4 Å². The van der Waals surface area contributed by atoms with Crippen molar-refractivity contribution in [2.45, 2.75) is 19.3 Å². The zero-order valence-corrected chi connectivity index (χ0v) is 24.8.